The molecule has 6 nitrogen and oxygen atoms in total. The van der Waals surface area contributed by atoms with Crippen molar-refractivity contribution in [1.82, 2.24) is 10.3 Å². The summed E-state index contributed by atoms with van der Waals surface area (Å²) in [6.07, 6.45) is 2.01. The van der Waals surface area contributed by atoms with Gasteiger partial charge in [0.25, 0.3) is 0 Å². The number of aromatic nitrogens is 1. The van der Waals surface area contributed by atoms with Gasteiger partial charge in [0.05, 0.1) is 5.02 Å². The van der Waals surface area contributed by atoms with Gasteiger partial charge in [-0.3, -0.25) is 4.98 Å². The molecular formula is C12H13ClN2O4. The van der Waals surface area contributed by atoms with Crippen LogP contribution < -0.4 is 5.32 Å². The van der Waals surface area contributed by atoms with Crippen LogP contribution in [0.5, 0.6) is 0 Å². The Morgan fingerprint density at radius 1 is 1.58 bits per heavy atom. The third-order valence-electron chi connectivity index (χ3n) is 2.12. The maximum atomic E-state index is 11.3. The Bertz CT molecular complexity index is 461. The van der Waals surface area contributed by atoms with Crippen LogP contribution in [0.3, 0.4) is 0 Å². The topological polar surface area (TPSA) is 88.5 Å². The van der Waals surface area contributed by atoms with Crippen molar-refractivity contribution in [2.45, 2.75) is 12.5 Å². The monoisotopic (exact) mass is 284 g/mol. The molecule has 0 radical (unpaired) electrons. The van der Waals surface area contributed by atoms with Crippen LogP contribution in [0, 0.1) is 0 Å². The van der Waals surface area contributed by atoms with Crippen molar-refractivity contribution < 1.29 is 19.4 Å². The molecule has 0 aliphatic heterocycles. The molecule has 1 aromatic heterocycles. The number of carboxylic acids is 1. The molecule has 0 saturated carbocycles. The van der Waals surface area contributed by atoms with Gasteiger partial charge >= 0.3 is 12.1 Å². The predicted molar refractivity (Wildman–Crippen MR) is 69.1 cm³/mol. The van der Waals surface area contributed by atoms with Crippen molar-refractivity contribution in [3.05, 3.63) is 41.7 Å². The summed E-state index contributed by atoms with van der Waals surface area (Å²) in [5.41, 5.74) is 0.501. The number of nitrogens with one attached hydrogen (secondary N) is 1. The van der Waals surface area contributed by atoms with Gasteiger partial charge < -0.3 is 15.2 Å². The standard InChI is InChI=1S/C12H13ClN2O4/c1-2-5-19-12(18)15-10(11(16)17)6-9-4-3-8(13)7-14-9/h2-4,7,10H,1,5-6H2,(H,15,18)(H,16,17). The zero-order valence-electron chi connectivity index (χ0n) is 10.0. The van der Waals surface area contributed by atoms with E-state index in [0.29, 0.717) is 10.7 Å². The van der Waals surface area contributed by atoms with E-state index in [-0.39, 0.29) is 13.0 Å². The molecule has 0 aliphatic rings. The van der Waals surface area contributed by atoms with Gasteiger partial charge in [-0.1, -0.05) is 24.3 Å². The fraction of sp³-hybridized carbons (Fsp3) is 0.250. The number of hydrogen-bond acceptors (Lipinski definition) is 4. The maximum Gasteiger partial charge on any atom is 0.408 e. The Morgan fingerprint density at radius 3 is 2.84 bits per heavy atom. The number of carboxylic acid groups (broad SMARTS) is 1. The van der Waals surface area contributed by atoms with Gasteiger partial charge in [-0.05, 0) is 12.1 Å². The molecule has 0 aliphatic carbocycles. The van der Waals surface area contributed by atoms with E-state index in [9.17, 15) is 9.59 Å². The number of pyridine rings is 1. The van der Waals surface area contributed by atoms with Crippen molar-refractivity contribution in [2.24, 2.45) is 0 Å². The molecule has 1 amide bonds. The number of ether oxygens (including phenoxy) is 1. The van der Waals surface area contributed by atoms with E-state index in [1.165, 1.54) is 12.3 Å². The average molecular weight is 285 g/mol. The molecule has 1 rings (SSSR count). The quantitative estimate of drug-likeness (QED) is 0.775. The largest absolute Gasteiger partial charge is 0.480 e. The first-order chi connectivity index (χ1) is 9.02. The van der Waals surface area contributed by atoms with Crippen LogP contribution in [0.1, 0.15) is 5.69 Å². The van der Waals surface area contributed by atoms with Gasteiger partial charge in [0.2, 0.25) is 0 Å². The number of carbonyl (C=O) groups is 2. The molecule has 0 aromatic carbocycles. The third-order valence-corrected chi connectivity index (χ3v) is 2.35. The Labute approximate surface area is 115 Å². The van der Waals surface area contributed by atoms with Crippen LogP contribution >= 0.6 is 11.6 Å². The second-order valence-electron chi connectivity index (χ2n) is 3.59. The number of amides is 1. The fourth-order valence-electron chi connectivity index (χ4n) is 1.25. The van der Waals surface area contributed by atoms with E-state index in [4.69, 9.17) is 16.7 Å². The molecule has 1 aromatic rings. The zero-order valence-corrected chi connectivity index (χ0v) is 10.8. The minimum atomic E-state index is -1.17. The number of rotatable bonds is 6. The lowest BCUT2D eigenvalue weighted by Crippen LogP contribution is -2.42. The van der Waals surface area contributed by atoms with Crippen LogP contribution in [0.15, 0.2) is 31.0 Å². The van der Waals surface area contributed by atoms with Crippen molar-refractivity contribution in [3.63, 3.8) is 0 Å². The smallest absolute Gasteiger partial charge is 0.408 e. The molecule has 7 heteroatoms. The third kappa shape index (κ3) is 5.39. The highest BCUT2D eigenvalue weighted by molar-refractivity contribution is 6.30. The van der Waals surface area contributed by atoms with Crippen molar-refractivity contribution >= 4 is 23.7 Å². The molecule has 1 heterocycles. The Balaban J connectivity index is 2.62. The van der Waals surface area contributed by atoms with Crippen LogP contribution in [0.25, 0.3) is 0 Å². The summed E-state index contributed by atoms with van der Waals surface area (Å²) in [5, 5.41) is 11.7. The number of hydrogen-bond donors (Lipinski definition) is 2. The molecular weight excluding hydrogens is 272 g/mol. The van der Waals surface area contributed by atoms with E-state index in [1.54, 1.807) is 12.1 Å². The first-order valence-electron chi connectivity index (χ1n) is 5.40. The molecule has 102 valence electrons. The lowest BCUT2D eigenvalue weighted by atomic mass is 10.1. The number of alkyl carbamates (subject to hydrolysis) is 1. The molecule has 1 unspecified atom stereocenters. The summed E-state index contributed by atoms with van der Waals surface area (Å²) in [5.74, 6) is -1.17. The zero-order chi connectivity index (χ0) is 14.3. The lowest BCUT2D eigenvalue weighted by molar-refractivity contribution is -0.139. The SMILES string of the molecule is C=CCOC(=O)NC(Cc1ccc(Cl)cn1)C(=O)O. The highest BCUT2D eigenvalue weighted by atomic mass is 35.5. The number of halogens is 1. The van der Waals surface area contributed by atoms with Gasteiger partial charge in [-0.2, -0.15) is 0 Å². The van der Waals surface area contributed by atoms with Gasteiger partial charge in [0, 0.05) is 18.3 Å². The van der Waals surface area contributed by atoms with Crippen LogP contribution in [0.2, 0.25) is 5.02 Å². The van der Waals surface area contributed by atoms with Crippen molar-refractivity contribution in [1.29, 1.82) is 0 Å². The van der Waals surface area contributed by atoms with E-state index >= 15 is 0 Å². The van der Waals surface area contributed by atoms with E-state index < -0.39 is 18.1 Å². The molecule has 0 saturated heterocycles. The van der Waals surface area contributed by atoms with Crippen LogP contribution in [-0.4, -0.2) is 34.8 Å². The summed E-state index contributed by atoms with van der Waals surface area (Å²) in [6, 6.07) is 2.07. The summed E-state index contributed by atoms with van der Waals surface area (Å²) in [6.45, 7) is 3.39. The minimum Gasteiger partial charge on any atom is -0.480 e. The first kappa shape index (κ1) is 15.0. The summed E-state index contributed by atoms with van der Waals surface area (Å²) >= 11 is 5.67. The minimum absolute atomic E-state index is 0.0113. The fourth-order valence-corrected chi connectivity index (χ4v) is 1.37. The van der Waals surface area contributed by atoms with E-state index in [1.807, 2.05) is 0 Å². The van der Waals surface area contributed by atoms with Gasteiger partial charge in [-0.15, -0.1) is 0 Å². The molecule has 0 fully saturated rings. The maximum absolute atomic E-state index is 11.3. The number of aliphatic carboxylic acids is 1. The number of nitrogens with zero attached hydrogens (tertiary/aromatic N) is 1. The molecule has 19 heavy (non-hydrogen) atoms. The second-order valence-corrected chi connectivity index (χ2v) is 4.03. The lowest BCUT2D eigenvalue weighted by Gasteiger charge is -2.13. The van der Waals surface area contributed by atoms with Gasteiger partial charge in [0.15, 0.2) is 0 Å². The highest BCUT2D eigenvalue weighted by Gasteiger charge is 2.21. The normalized spacial score (nSPS) is 11.4. The molecule has 1 atom stereocenters. The van der Waals surface area contributed by atoms with Gasteiger partial charge in [0.1, 0.15) is 12.6 Å². The van der Waals surface area contributed by atoms with Gasteiger partial charge in [-0.25, -0.2) is 9.59 Å². The Morgan fingerprint density at radius 2 is 2.32 bits per heavy atom. The van der Waals surface area contributed by atoms with Crippen LogP contribution in [0.4, 0.5) is 4.79 Å². The summed E-state index contributed by atoms with van der Waals surface area (Å²) in [7, 11) is 0. The van der Waals surface area contributed by atoms with E-state index in [0.717, 1.165) is 0 Å². The van der Waals surface area contributed by atoms with Crippen LogP contribution in [-0.2, 0) is 16.0 Å². The molecule has 0 bridgehead atoms. The molecule has 2 N–H and O–H groups in total. The highest BCUT2D eigenvalue weighted by Crippen LogP contribution is 2.08. The second kappa shape index (κ2) is 7.38. The van der Waals surface area contributed by atoms with Crippen molar-refractivity contribution in [2.75, 3.05) is 6.61 Å². The Kier molecular flexibility index (Phi) is 5.81. The first-order valence-corrected chi connectivity index (χ1v) is 5.78. The predicted octanol–water partition coefficient (Wildman–Crippen LogP) is 1.64. The van der Waals surface area contributed by atoms with E-state index in [2.05, 4.69) is 21.6 Å². The average Bonchev–Trinajstić information content (AvgIpc) is 2.38. The summed E-state index contributed by atoms with van der Waals surface area (Å²) < 4.78 is 4.66. The van der Waals surface area contributed by atoms with Crippen molar-refractivity contribution in [3.8, 4) is 0 Å². The Hall–Kier alpha value is -2.08. The molecule has 0 spiro atoms. The summed E-state index contributed by atoms with van der Waals surface area (Å²) in [4.78, 5) is 26.3. The number of carbonyl (C=O) groups excluding carboxylic acids is 1.